The van der Waals surface area contributed by atoms with Gasteiger partial charge in [0.05, 0.1) is 0 Å². The molecule has 0 atom stereocenters. The third-order valence-corrected chi connectivity index (χ3v) is 0. The van der Waals surface area contributed by atoms with E-state index in [0.717, 1.165) is 0 Å². The highest BCUT2D eigenvalue weighted by molar-refractivity contribution is 6.30. The van der Waals surface area contributed by atoms with Crippen molar-refractivity contribution in [3.63, 3.8) is 0 Å². The van der Waals surface area contributed by atoms with Crippen LogP contribution in [-0.2, 0) is 0 Å². The van der Waals surface area contributed by atoms with E-state index < -0.39 is 7.32 Å². The van der Waals surface area contributed by atoms with E-state index in [2.05, 4.69) is 5.73 Å². The quantitative estimate of drug-likeness (QED) is 0.152. The molecule has 0 radical (unpaired) electrons. The largest absolute Gasteiger partial charge is 0.631 e. The molecule has 0 aromatic carbocycles. The van der Waals surface area contributed by atoms with E-state index in [1.807, 2.05) is 0 Å². The molecule has 0 saturated carbocycles. The average molecular weight is 104 g/mol. The van der Waals surface area contributed by atoms with Gasteiger partial charge >= 0.3 is 7.32 Å². The number of rotatable bonds is 0. The SMILES string of the molecule is N#CN.OB(O)O. The maximum absolute atomic E-state index is 7.17. The van der Waals surface area contributed by atoms with E-state index in [-0.39, 0.29) is 0 Å². The van der Waals surface area contributed by atoms with Gasteiger partial charge in [-0.25, -0.2) is 0 Å². The highest BCUT2D eigenvalue weighted by Gasteiger charge is 1.92. The van der Waals surface area contributed by atoms with Crippen molar-refractivity contribution in [2.45, 2.75) is 0 Å². The zero-order valence-corrected chi connectivity index (χ0v) is 3.44. The minimum Gasteiger partial charge on any atom is -0.402 e. The number of hydrogen-bond donors (Lipinski definition) is 4. The molecule has 40 valence electrons. The second-order valence-corrected chi connectivity index (χ2v) is 0.476. The highest BCUT2D eigenvalue weighted by Crippen LogP contribution is 1.40. The summed E-state index contributed by atoms with van der Waals surface area (Å²) in [4.78, 5) is 0. The van der Waals surface area contributed by atoms with Crippen molar-refractivity contribution >= 4 is 7.32 Å². The van der Waals surface area contributed by atoms with Gasteiger partial charge in [-0.15, -0.1) is 0 Å². The lowest BCUT2D eigenvalue weighted by atomic mass is 10.3. The molecule has 0 aliphatic rings. The number of nitrogens with two attached hydrogens (primary N) is 1. The van der Waals surface area contributed by atoms with Crippen molar-refractivity contribution < 1.29 is 15.1 Å². The summed E-state index contributed by atoms with van der Waals surface area (Å²) in [5, 5.41) is 28.6. The molecule has 5 nitrogen and oxygen atoms in total. The minimum absolute atomic E-state index is 1.25. The molecule has 0 amide bonds. The third-order valence-electron chi connectivity index (χ3n) is 0. The summed E-state index contributed by atoms with van der Waals surface area (Å²) in [6.45, 7) is 0. The van der Waals surface area contributed by atoms with E-state index in [4.69, 9.17) is 20.3 Å². The lowest BCUT2D eigenvalue weighted by molar-refractivity contribution is 0.278. The molecule has 0 fully saturated rings. The number of nitrogens with zero attached hydrogens (tertiary/aromatic N) is 1. The Hall–Kier alpha value is -0.765. The topological polar surface area (TPSA) is 111 Å². The zero-order valence-electron chi connectivity index (χ0n) is 3.44. The van der Waals surface area contributed by atoms with Crippen molar-refractivity contribution in [3.8, 4) is 6.19 Å². The van der Waals surface area contributed by atoms with Crippen LogP contribution in [0.5, 0.6) is 0 Å². The first-order valence-electron chi connectivity index (χ1n) is 1.29. The van der Waals surface area contributed by atoms with Crippen molar-refractivity contribution in [2.24, 2.45) is 5.73 Å². The molecule has 0 aliphatic heterocycles. The van der Waals surface area contributed by atoms with Gasteiger partial charge in [-0.2, -0.15) is 5.26 Å². The van der Waals surface area contributed by atoms with E-state index in [1.54, 1.807) is 0 Å². The Morgan fingerprint density at radius 1 is 1.43 bits per heavy atom. The molecule has 5 N–H and O–H groups in total. The first kappa shape index (κ1) is 9.53. The van der Waals surface area contributed by atoms with Crippen molar-refractivity contribution in [3.05, 3.63) is 0 Å². The van der Waals surface area contributed by atoms with Crippen LogP contribution in [0.3, 0.4) is 0 Å². The average Bonchev–Trinajstić information content (AvgIpc) is 1.33. The number of hydrogen-bond acceptors (Lipinski definition) is 5. The van der Waals surface area contributed by atoms with Gasteiger partial charge in [0.1, 0.15) is 0 Å². The Morgan fingerprint density at radius 2 is 1.43 bits per heavy atom. The Bertz CT molecular complexity index is 55.7. The minimum atomic E-state index is -2.17. The molecule has 0 saturated heterocycles. The summed E-state index contributed by atoms with van der Waals surface area (Å²) in [7, 11) is -2.17. The molecule has 0 aliphatic carbocycles. The van der Waals surface area contributed by atoms with E-state index in [9.17, 15) is 0 Å². The van der Waals surface area contributed by atoms with Gasteiger partial charge in [0.15, 0.2) is 6.19 Å². The van der Waals surface area contributed by atoms with Crippen LogP contribution in [0.1, 0.15) is 0 Å². The molecule has 7 heavy (non-hydrogen) atoms. The molecule has 0 unspecified atom stereocenters. The van der Waals surface area contributed by atoms with Gasteiger partial charge in [-0.3, -0.25) is 0 Å². The monoisotopic (exact) mass is 104 g/mol. The van der Waals surface area contributed by atoms with Crippen LogP contribution in [0.4, 0.5) is 0 Å². The smallest absolute Gasteiger partial charge is 0.402 e. The summed E-state index contributed by atoms with van der Waals surface area (Å²) >= 11 is 0. The van der Waals surface area contributed by atoms with Crippen LogP contribution in [0, 0.1) is 11.5 Å². The third kappa shape index (κ3) is 93.6. The Labute approximate surface area is 40.8 Å². The molecule has 0 spiro atoms. The van der Waals surface area contributed by atoms with Crippen molar-refractivity contribution in [1.82, 2.24) is 0 Å². The van der Waals surface area contributed by atoms with Gasteiger partial charge in [0.2, 0.25) is 0 Å². The number of nitriles is 1. The van der Waals surface area contributed by atoms with E-state index in [0.29, 0.717) is 0 Å². The Kier molecular flexibility index (Phi) is 12.2. The normalized spacial score (nSPS) is 4.86. The fourth-order valence-electron chi connectivity index (χ4n) is 0. The van der Waals surface area contributed by atoms with Crippen LogP contribution >= 0.6 is 0 Å². The fourth-order valence-corrected chi connectivity index (χ4v) is 0. The molecular formula is CH5BN2O3. The molecule has 0 aromatic heterocycles. The summed E-state index contributed by atoms with van der Waals surface area (Å²) in [6, 6.07) is 0. The van der Waals surface area contributed by atoms with Crippen LogP contribution in [-0.4, -0.2) is 22.4 Å². The van der Waals surface area contributed by atoms with Gasteiger partial charge in [0.25, 0.3) is 0 Å². The zero-order chi connectivity index (χ0) is 6.28. The standard InChI is InChI=1S/CH2N2.BH3O3/c2-1-3;2-1(3)4/h2H2;2-4H. The van der Waals surface area contributed by atoms with Crippen molar-refractivity contribution in [2.75, 3.05) is 0 Å². The summed E-state index contributed by atoms with van der Waals surface area (Å²) in [6.07, 6.45) is 1.25. The fraction of sp³-hybridized carbons (Fsp3) is 0. The highest BCUT2D eigenvalue weighted by atomic mass is 16.5. The van der Waals surface area contributed by atoms with Crippen LogP contribution < -0.4 is 5.73 Å². The Morgan fingerprint density at radius 3 is 1.43 bits per heavy atom. The Balaban J connectivity index is 0. The first-order valence-corrected chi connectivity index (χ1v) is 1.29. The molecule has 0 rings (SSSR count). The summed E-state index contributed by atoms with van der Waals surface area (Å²) < 4.78 is 0. The van der Waals surface area contributed by atoms with Crippen LogP contribution in [0.2, 0.25) is 0 Å². The maximum Gasteiger partial charge on any atom is 0.631 e. The summed E-state index contributed by atoms with van der Waals surface area (Å²) in [5.74, 6) is 0. The predicted molar refractivity (Wildman–Crippen MR) is 22.2 cm³/mol. The second-order valence-electron chi connectivity index (χ2n) is 0.476. The van der Waals surface area contributed by atoms with Gasteiger partial charge in [0, 0.05) is 0 Å². The summed E-state index contributed by atoms with van der Waals surface area (Å²) in [5.41, 5.74) is 4.15. The van der Waals surface area contributed by atoms with Crippen LogP contribution in [0.15, 0.2) is 0 Å². The van der Waals surface area contributed by atoms with Gasteiger partial charge in [-0.1, -0.05) is 0 Å². The lowest BCUT2D eigenvalue weighted by Gasteiger charge is -1.69. The van der Waals surface area contributed by atoms with Gasteiger partial charge in [-0.05, 0) is 0 Å². The lowest BCUT2D eigenvalue weighted by Crippen LogP contribution is -2.07. The molecule has 0 bridgehead atoms. The first-order chi connectivity index (χ1) is 3.15. The molecule has 0 heterocycles. The van der Waals surface area contributed by atoms with E-state index in [1.165, 1.54) is 6.19 Å². The van der Waals surface area contributed by atoms with Crippen LogP contribution in [0.25, 0.3) is 0 Å². The second kappa shape index (κ2) is 8.97. The molecular weight excluding hydrogens is 98.8 g/mol. The van der Waals surface area contributed by atoms with Crippen molar-refractivity contribution in [1.29, 1.82) is 5.26 Å². The molecule has 6 heteroatoms. The van der Waals surface area contributed by atoms with Gasteiger partial charge < -0.3 is 20.8 Å². The molecule has 0 aromatic rings. The predicted octanol–water partition coefficient (Wildman–Crippen LogP) is -2.63. The maximum atomic E-state index is 7.17. The van der Waals surface area contributed by atoms with E-state index >= 15 is 0 Å².